The van der Waals surface area contributed by atoms with Gasteiger partial charge < -0.3 is 20.7 Å². The number of carbonyl (C=O) groups excluding carboxylic acids is 1. The van der Waals surface area contributed by atoms with E-state index in [0.29, 0.717) is 16.4 Å². The minimum Gasteiger partial charge on any atom is -0.477 e. The van der Waals surface area contributed by atoms with Crippen LogP contribution in [0.4, 0.5) is 16.2 Å². The zero-order valence-corrected chi connectivity index (χ0v) is 13.7. The largest absolute Gasteiger partial charge is 0.477 e. The molecular weight excluding hydrogens is 409 g/mol. The number of aromatic nitrogens is 1. The Morgan fingerprint density at radius 2 is 1.90 bits per heavy atom. The monoisotopic (exact) mass is 419 g/mol. The number of hydrogen-bond donors (Lipinski definition) is 4. The first-order valence-corrected chi connectivity index (χ1v) is 7.28. The average molecular weight is 420 g/mol. The first-order valence-electron chi connectivity index (χ1n) is 5.83. The number of urea groups is 1. The van der Waals surface area contributed by atoms with Crippen molar-refractivity contribution in [2.75, 3.05) is 10.6 Å². The SMILES string of the molecule is Cc1cc(NC(=O)Nc2ccc(I)cc2Cl)c(C(=O)O)[nH]1. The number of carboxylic acids is 1. The standard InChI is InChI=1S/C13H11ClIN3O3/c1-6-4-10(11(16-6)12(19)20)18-13(21)17-9-3-2-7(15)5-8(9)14/h2-5,16H,1H3,(H,19,20)(H2,17,18,21). The van der Waals surface area contributed by atoms with Crippen LogP contribution < -0.4 is 10.6 Å². The van der Waals surface area contributed by atoms with Crippen molar-refractivity contribution in [1.82, 2.24) is 4.98 Å². The molecule has 0 radical (unpaired) electrons. The summed E-state index contributed by atoms with van der Waals surface area (Å²) in [7, 11) is 0. The van der Waals surface area contributed by atoms with Crippen molar-refractivity contribution in [3.63, 3.8) is 0 Å². The number of hydrogen-bond acceptors (Lipinski definition) is 2. The molecule has 0 saturated carbocycles. The zero-order chi connectivity index (χ0) is 15.6. The van der Waals surface area contributed by atoms with E-state index in [1.54, 1.807) is 31.2 Å². The normalized spacial score (nSPS) is 10.2. The average Bonchev–Trinajstić information content (AvgIpc) is 2.74. The maximum atomic E-state index is 11.9. The van der Waals surface area contributed by atoms with Crippen molar-refractivity contribution >= 4 is 57.6 Å². The zero-order valence-electron chi connectivity index (χ0n) is 10.8. The van der Waals surface area contributed by atoms with Gasteiger partial charge in [-0.05, 0) is 53.8 Å². The first kappa shape index (κ1) is 15.6. The van der Waals surface area contributed by atoms with Crippen molar-refractivity contribution in [3.05, 3.63) is 44.2 Å². The van der Waals surface area contributed by atoms with Gasteiger partial charge in [0, 0.05) is 9.26 Å². The smallest absolute Gasteiger partial charge is 0.354 e. The van der Waals surface area contributed by atoms with Gasteiger partial charge in [0.05, 0.1) is 16.4 Å². The summed E-state index contributed by atoms with van der Waals surface area (Å²) in [5.41, 5.74) is 1.20. The highest BCUT2D eigenvalue weighted by molar-refractivity contribution is 14.1. The van der Waals surface area contributed by atoms with Crippen LogP contribution in [0.1, 0.15) is 16.2 Å². The Morgan fingerprint density at radius 3 is 2.52 bits per heavy atom. The maximum Gasteiger partial charge on any atom is 0.354 e. The highest BCUT2D eigenvalue weighted by Crippen LogP contribution is 2.24. The molecule has 8 heteroatoms. The molecule has 0 unspecified atom stereocenters. The Hall–Kier alpha value is -1.74. The van der Waals surface area contributed by atoms with E-state index < -0.39 is 12.0 Å². The van der Waals surface area contributed by atoms with Gasteiger partial charge >= 0.3 is 12.0 Å². The summed E-state index contributed by atoms with van der Waals surface area (Å²) in [5, 5.41) is 14.5. The molecule has 0 spiro atoms. The van der Waals surface area contributed by atoms with Gasteiger partial charge in [0.2, 0.25) is 0 Å². The number of aromatic amines is 1. The Labute approximate surface area is 139 Å². The summed E-state index contributed by atoms with van der Waals surface area (Å²) in [4.78, 5) is 25.6. The lowest BCUT2D eigenvalue weighted by molar-refractivity contribution is 0.0692. The van der Waals surface area contributed by atoms with Crippen LogP contribution in [0.15, 0.2) is 24.3 Å². The number of anilines is 2. The summed E-state index contributed by atoms with van der Waals surface area (Å²) in [5.74, 6) is -1.15. The number of amides is 2. The number of aromatic carboxylic acids is 1. The highest BCUT2D eigenvalue weighted by Gasteiger charge is 2.15. The second kappa shape index (κ2) is 6.35. The number of carboxylic acid groups (broad SMARTS) is 1. The molecule has 1 aromatic heterocycles. The fourth-order valence-electron chi connectivity index (χ4n) is 1.72. The van der Waals surface area contributed by atoms with Crippen LogP contribution in [0.2, 0.25) is 5.02 Å². The molecule has 0 atom stereocenters. The molecule has 0 saturated heterocycles. The van der Waals surface area contributed by atoms with E-state index >= 15 is 0 Å². The van der Waals surface area contributed by atoms with E-state index in [4.69, 9.17) is 16.7 Å². The van der Waals surface area contributed by atoms with Crippen molar-refractivity contribution in [2.24, 2.45) is 0 Å². The third kappa shape index (κ3) is 3.88. The summed E-state index contributed by atoms with van der Waals surface area (Å²) >= 11 is 8.12. The molecule has 0 fully saturated rings. The van der Waals surface area contributed by atoms with Gasteiger partial charge in [0.1, 0.15) is 5.69 Å². The Balaban J connectivity index is 2.13. The number of nitrogens with one attached hydrogen (secondary N) is 3. The molecule has 2 amide bonds. The quantitative estimate of drug-likeness (QED) is 0.568. The summed E-state index contributed by atoms with van der Waals surface area (Å²) in [6.45, 7) is 1.70. The third-order valence-electron chi connectivity index (χ3n) is 2.59. The minimum absolute atomic E-state index is 0.0728. The van der Waals surface area contributed by atoms with E-state index in [9.17, 15) is 9.59 Å². The van der Waals surface area contributed by atoms with E-state index in [0.717, 1.165) is 3.57 Å². The van der Waals surface area contributed by atoms with E-state index in [2.05, 4.69) is 38.2 Å². The number of halogens is 2. The molecule has 1 aromatic carbocycles. The topological polar surface area (TPSA) is 94.2 Å². The van der Waals surface area contributed by atoms with Gasteiger partial charge in [-0.25, -0.2) is 9.59 Å². The predicted molar refractivity (Wildman–Crippen MR) is 89.3 cm³/mol. The van der Waals surface area contributed by atoms with E-state index in [1.807, 2.05) is 0 Å². The van der Waals surface area contributed by atoms with Crippen molar-refractivity contribution in [1.29, 1.82) is 0 Å². The second-order valence-corrected chi connectivity index (χ2v) is 5.90. The molecule has 4 N–H and O–H groups in total. The van der Waals surface area contributed by atoms with Crippen LogP contribution in [0.5, 0.6) is 0 Å². The van der Waals surface area contributed by atoms with Gasteiger partial charge in [0.15, 0.2) is 0 Å². The second-order valence-electron chi connectivity index (χ2n) is 4.25. The number of H-pyrrole nitrogens is 1. The molecule has 2 rings (SSSR count). The number of rotatable bonds is 3. The summed E-state index contributed by atoms with van der Waals surface area (Å²) in [6.07, 6.45) is 0. The molecule has 0 bridgehead atoms. The van der Waals surface area contributed by atoms with E-state index in [-0.39, 0.29) is 11.4 Å². The molecule has 1 heterocycles. The number of carbonyl (C=O) groups is 2. The van der Waals surface area contributed by atoms with Crippen molar-refractivity contribution in [2.45, 2.75) is 6.92 Å². The van der Waals surface area contributed by atoms with Crippen LogP contribution in [-0.4, -0.2) is 22.1 Å². The van der Waals surface area contributed by atoms with Crippen LogP contribution in [0, 0.1) is 10.5 Å². The van der Waals surface area contributed by atoms with E-state index in [1.165, 1.54) is 0 Å². The van der Waals surface area contributed by atoms with Crippen LogP contribution in [0.3, 0.4) is 0 Å². The fourth-order valence-corrected chi connectivity index (χ4v) is 2.63. The van der Waals surface area contributed by atoms with Crippen LogP contribution in [-0.2, 0) is 0 Å². The number of benzene rings is 1. The van der Waals surface area contributed by atoms with Crippen molar-refractivity contribution in [3.8, 4) is 0 Å². The predicted octanol–water partition coefficient (Wildman–Crippen LogP) is 3.92. The summed E-state index contributed by atoms with van der Waals surface area (Å²) in [6, 6.07) is 6.15. The lowest BCUT2D eigenvalue weighted by Crippen LogP contribution is -2.20. The van der Waals surface area contributed by atoms with Gasteiger partial charge in [-0.3, -0.25) is 0 Å². The van der Waals surface area contributed by atoms with Gasteiger partial charge in [-0.1, -0.05) is 11.6 Å². The molecule has 0 aliphatic rings. The third-order valence-corrected chi connectivity index (χ3v) is 3.58. The highest BCUT2D eigenvalue weighted by atomic mass is 127. The molecule has 110 valence electrons. The van der Waals surface area contributed by atoms with Gasteiger partial charge in [-0.15, -0.1) is 0 Å². The molecule has 6 nitrogen and oxygen atoms in total. The van der Waals surface area contributed by atoms with Gasteiger partial charge in [0.25, 0.3) is 0 Å². The number of aryl methyl sites for hydroxylation is 1. The van der Waals surface area contributed by atoms with Gasteiger partial charge in [-0.2, -0.15) is 0 Å². The molecular formula is C13H11ClIN3O3. The summed E-state index contributed by atoms with van der Waals surface area (Å²) < 4.78 is 0.943. The Kier molecular flexibility index (Phi) is 4.73. The Bertz CT molecular complexity index is 715. The molecule has 0 aliphatic heterocycles. The first-order chi connectivity index (χ1) is 9.86. The lowest BCUT2D eigenvalue weighted by Gasteiger charge is -2.09. The van der Waals surface area contributed by atoms with Crippen LogP contribution in [0.25, 0.3) is 0 Å². The Morgan fingerprint density at radius 1 is 1.24 bits per heavy atom. The fraction of sp³-hybridized carbons (Fsp3) is 0.0769. The molecule has 2 aromatic rings. The molecule has 21 heavy (non-hydrogen) atoms. The lowest BCUT2D eigenvalue weighted by atomic mass is 10.3. The maximum absolute atomic E-state index is 11.9. The minimum atomic E-state index is -1.15. The van der Waals surface area contributed by atoms with Crippen LogP contribution >= 0.6 is 34.2 Å². The van der Waals surface area contributed by atoms with Crippen molar-refractivity contribution < 1.29 is 14.7 Å². The molecule has 0 aliphatic carbocycles.